The Bertz CT molecular complexity index is 523. The second-order valence-corrected chi connectivity index (χ2v) is 7.22. The molecular weight excluding hydrogens is 282 g/mol. The van der Waals surface area contributed by atoms with Crippen molar-refractivity contribution >= 4 is 11.3 Å². The molecule has 1 aliphatic carbocycles. The van der Waals surface area contributed by atoms with E-state index in [4.69, 9.17) is 0 Å². The van der Waals surface area contributed by atoms with Gasteiger partial charge in [-0.3, -0.25) is 10.00 Å². The summed E-state index contributed by atoms with van der Waals surface area (Å²) in [5, 5.41) is 13.9. The highest BCUT2D eigenvalue weighted by Gasteiger charge is 2.56. The van der Waals surface area contributed by atoms with Crippen LogP contribution in [0.25, 0.3) is 0 Å². The maximum absolute atomic E-state index is 4.47. The fraction of sp³-hybridized carbons (Fsp3) is 0.600. The zero-order valence-corrected chi connectivity index (χ0v) is 12.9. The minimum absolute atomic E-state index is 0.558. The first-order valence-electron chi connectivity index (χ1n) is 7.67. The summed E-state index contributed by atoms with van der Waals surface area (Å²) in [6.45, 7) is 4.24. The quantitative estimate of drug-likeness (QED) is 0.887. The van der Waals surface area contributed by atoms with E-state index in [0.717, 1.165) is 13.1 Å². The van der Waals surface area contributed by atoms with Gasteiger partial charge in [0.1, 0.15) is 5.01 Å². The summed E-state index contributed by atoms with van der Waals surface area (Å²) >= 11 is 1.75. The van der Waals surface area contributed by atoms with Crippen LogP contribution in [0, 0.1) is 5.41 Å². The SMILES string of the molecule is c1cc(CN(Cc2nccs2)[C@H]2CC23CCNCC3)[nH]n1. The molecule has 3 heterocycles. The molecule has 4 rings (SSSR count). The molecule has 2 aromatic rings. The van der Waals surface area contributed by atoms with Crippen LogP contribution in [0.3, 0.4) is 0 Å². The lowest BCUT2D eigenvalue weighted by atomic mass is 9.93. The van der Waals surface area contributed by atoms with Crippen LogP contribution >= 0.6 is 11.3 Å². The van der Waals surface area contributed by atoms with Crippen LogP contribution < -0.4 is 5.32 Å². The Kier molecular flexibility index (Phi) is 3.52. The van der Waals surface area contributed by atoms with Gasteiger partial charge in [-0.25, -0.2) is 4.98 Å². The van der Waals surface area contributed by atoms with Crippen LogP contribution in [0.15, 0.2) is 23.8 Å². The number of thiazole rings is 1. The van der Waals surface area contributed by atoms with Gasteiger partial charge in [-0.2, -0.15) is 5.10 Å². The van der Waals surface area contributed by atoms with Gasteiger partial charge in [-0.1, -0.05) is 0 Å². The van der Waals surface area contributed by atoms with E-state index < -0.39 is 0 Å². The Morgan fingerprint density at radius 2 is 2.19 bits per heavy atom. The van der Waals surface area contributed by atoms with Crippen LogP contribution in [0.2, 0.25) is 0 Å². The zero-order valence-electron chi connectivity index (χ0n) is 12.1. The van der Waals surface area contributed by atoms with E-state index >= 15 is 0 Å². The predicted octanol–water partition coefficient (Wildman–Crippen LogP) is 2.01. The fourth-order valence-electron chi connectivity index (χ4n) is 3.68. The number of piperidine rings is 1. The van der Waals surface area contributed by atoms with Gasteiger partial charge >= 0.3 is 0 Å². The topological polar surface area (TPSA) is 56.8 Å². The fourth-order valence-corrected chi connectivity index (χ4v) is 4.32. The molecule has 112 valence electrons. The molecule has 0 unspecified atom stereocenters. The van der Waals surface area contributed by atoms with Crippen LogP contribution in [0.5, 0.6) is 0 Å². The number of aromatic amines is 1. The number of nitrogens with zero attached hydrogens (tertiary/aromatic N) is 3. The normalized spacial score (nSPS) is 23.8. The summed E-state index contributed by atoms with van der Waals surface area (Å²) in [6.07, 6.45) is 7.71. The van der Waals surface area contributed by atoms with Crippen molar-refractivity contribution in [2.75, 3.05) is 13.1 Å². The molecule has 1 spiro atoms. The highest BCUT2D eigenvalue weighted by molar-refractivity contribution is 7.09. The summed E-state index contributed by atoms with van der Waals surface area (Å²) < 4.78 is 0. The molecule has 0 bridgehead atoms. The third-order valence-corrected chi connectivity index (χ3v) is 5.70. The van der Waals surface area contributed by atoms with Gasteiger partial charge in [0.2, 0.25) is 0 Å². The Labute approximate surface area is 128 Å². The molecule has 1 saturated carbocycles. The Hall–Kier alpha value is -1.24. The van der Waals surface area contributed by atoms with Gasteiger partial charge in [-0.15, -0.1) is 11.3 Å². The molecule has 5 nitrogen and oxygen atoms in total. The second kappa shape index (κ2) is 5.51. The molecule has 1 aliphatic heterocycles. The maximum atomic E-state index is 4.47. The first-order chi connectivity index (χ1) is 10.4. The lowest BCUT2D eigenvalue weighted by molar-refractivity contribution is 0.186. The van der Waals surface area contributed by atoms with Crippen LogP contribution in [-0.2, 0) is 13.1 Å². The molecule has 2 fully saturated rings. The molecule has 0 amide bonds. The van der Waals surface area contributed by atoms with E-state index in [9.17, 15) is 0 Å². The van der Waals surface area contributed by atoms with E-state index in [0.29, 0.717) is 11.5 Å². The minimum atomic E-state index is 0.558. The van der Waals surface area contributed by atoms with E-state index in [2.05, 4.69) is 36.8 Å². The number of rotatable bonds is 5. The Morgan fingerprint density at radius 3 is 2.90 bits per heavy atom. The first kappa shape index (κ1) is 13.4. The Balaban J connectivity index is 1.50. The van der Waals surface area contributed by atoms with Crippen molar-refractivity contribution in [1.82, 2.24) is 25.4 Å². The van der Waals surface area contributed by atoms with Crippen LogP contribution in [-0.4, -0.2) is 39.2 Å². The average molecular weight is 303 g/mol. The molecule has 2 aromatic heterocycles. The van der Waals surface area contributed by atoms with E-state index in [-0.39, 0.29) is 0 Å². The van der Waals surface area contributed by atoms with Crippen molar-refractivity contribution in [3.05, 3.63) is 34.5 Å². The van der Waals surface area contributed by atoms with Gasteiger partial charge in [0.05, 0.1) is 6.54 Å². The molecule has 21 heavy (non-hydrogen) atoms. The summed E-state index contributed by atoms with van der Waals surface area (Å²) in [6, 6.07) is 2.78. The number of hydrogen-bond donors (Lipinski definition) is 2. The molecule has 6 heteroatoms. The number of H-pyrrole nitrogens is 1. The molecular formula is C15H21N5S. The van der Waals surface area contributed by atoms with Crippen LogP contribution in [0.4, 0.5) is 0 Å². The van der Waals surface area contributed by atoms with Crippen molar-refractivity contribution in [1.29, 1.82) is 0 Å². The zero-order chi connectivity index (χ0) is 14.1. The largest absolute Gasteiger partial charge is 0.317 e. The smallest absolute Gasteiger partial charge is 0.107 e. The number of nitrogens with one attached hydrogen (secondary N) is 2. The van der Waals surface area contributed by atoms with Crippen molar-refractivity contribution in [2.24, 2.45) is 5.41 Å². The molecule has 0 radical (unpaired) electrons. The predicted molar refractivity (Wildman–Crippen MR) is 82.9 cm³/mol. The summed E-state index contributed by atoms with van der Waals surface area (Å²) in [4.78, 5) is 7.06. The standard InChI is InChI=1S/C15H21N5S/c1-4-18-19-12(1)10-20(11-14-17-7-8-21-14)13-9-15(13)2-5-16-6-3-15/h1,4,7-8,13,16H,2-3,5-6,9-11H2,(H,18,19)/t13-/m0/s1. The molecule has 0 aromatic carbocycles. The molecule has 1 atom stereocenters. The van der Waals surface area contributed by atoms with Gasteiger partial charge in [0.15, 0.2) is 0 Å². The molecule has 2 N–H and O–H groups in total. The van der Waals surface area contributed by atoms with Gasteiger partial charge in [0.25, 0.3) is 0 Å². The monoisotopic (exact) mass is 303 g/mol. The summed E-state index contributed by atoms with van der Waals surface area (Å²) in [5.74, 6) is 0. The third-order valence-electron chi connectivity index (χ3n) is 4.94. The van der Waals surface area contributed by atoms with E-state index in [1.54, 1.807) is 11.3 Å². The van der Waals surface area contributed by atoms with Gasteiger partial charge in [-0.05, 0) is 43.8 Å². The lowest BCUT2D eigenvalue weighted by Gasteiger charge is -2.28. The van der Waals surface area contributed by atoms with Crippen molar-refractivity contribution < 1.29 is 0 Å². The lowest BCUT2D eigenvalue weighted by Crippen LogP contribution is -2.35. The maximum Gasteiger partial charge on any atom is 0.107 e. The highest BCUT2D eigenvalue weighted by Crippen LogP contribution is 2.56. The number of hydrogen-bond acceptors (Lipinski definition) is 5. The number of aromatic nitrogens is 3. The average Bonchev–Trinajstić information content (AvgIpc) is 2.96. The minimum Gasteiger partial charge on any atom is -0.317 e. The van der Waals surface area contributed by atoms with E-state index in [1.807, 2.05) is 12.4 Å². The Morgan fingerprint density at radius 1 is 1.29 bits per heavy atom. The highest BCUT2D eigenvalue weighted by atomic mass is 32.1. The first-order valence-corrected chi connectivity index (χ1v) is 8.55. The van der Waals surface area contributed by atoms with Crippen molar-refractivity contribution in [3.8, 4) is 0 Å². The van der Waals surface area contributed by atoms with Gasteiger partial charge < -0.3 is 5.32 Å². The molecule has 2 aliphatic rings. The van der Waals surface area contributed by atoms with E-state index in [1.165, 1.54) is 43.1 Å². The second-order valence-electron chi connectivity index (χ2n) is 6.24. The van der Waals surface area contributed by atoms with Crippen molar-refractivity contribution in [2.45, 2.75) is 38.4 Å². The molecule has 1 saturated heterocycles. The summed E-state index contributed by atoms with van der Waals surface area (Å²) in [5.41, 5.74) is 1.75. The van der Waals surface area contributed by atoms with Crippen molar-refractivity contribution in [3.63, 3.8) is 0 Å². The third kappa shape index (κ3) is 2.75. The van der Waals surface area contributed by atoms with Crippen LogP contribution in [0.1, 0.15) is 30.0 Å². The van der Waals surface area contributed by atoms with Gasteiger partial charge in [0, 0.05) is 36.1 Å². The summed E-state index contributed by atoms with van der Waals surface area (Å²) in [7, 11) is 0.